The van der Waals surface area contributed by atoms with Crippen molar-refractivity contribution >= 4 is 22.6 Å². The van der Waals surface area contributed by atoms with E-state index in [0.29, 0.717) is 53.9 Å². The number of ketones is 1. The highest BCUT2D eigenvalue weighted by atomic mass is 19.4. The van der Waals surface area contributed by atoms with Crippen LogP contribution in [0, 0.1) is 0 Å². The SMILES string of the molecule is COc1ccc(-c2cc3c(cn2)nc(NC2CCC(=O)CC2)c(=O)n3CCOCC(F)(F)F)cn1. The summed E-state index contributed by atoms with van der Waals surface area (Å²) in [5.74, 6) is 0.668. The second kappa shape index (κ2) is 10.4. The van der Waals surface area contributed by atoms with E-state index in [9.17, 15) is 22.8 Å². The van der Waals surface area contributed by atoms with Crippen molar-refractivity contribution in [3.63, 3.8) is 0 Å². The molecular formula is C23H24F3N5O4. The normalized spacial score (nSPS) is 14.9. The highest BCUT2D eigenvalue weighted by Crippen LogP contribution is 2.23. The Balaban J connectivity index is 1.68. The predicted molar refractivity (Wildman–Crippen MR) is 121 cm³/mol. The first-order chi connectivity index (χ1) is 16.7. The van der Waals surface area contributed by atoms with Gasteiger partial charge in [-0.15, -0.1) is 0 Å². The van der Waals surface area contributed by atoms with Crippen molar-refractivity contribution < 1.29 is 27.4 Å². The molecule has 1 aliphatic rings. The lowest BCUT2D eigenvalue weighted by molar-refractivity contribution is -0.174. The molecule has 0 radical (unpaired) electrons. The van der Waals surface area contributed by atoms with E-state index in [2.05, 4.69) is 20.3 Å². The molecule has 1 fully saturated rings. The van der Waals surface area contributed by atoms with Gasteiger partial charge >= 0.3 is 6.18 Å². The third-order valence-corrected chi connectivity index (χ3v) is 5.68. The van der Waals surface area contributed by atoms with Crippen LogP contribution in [0.25, 0.3) is 22.3 Å². The van der Waals surface area contributed by atoms with Gasteiger partial charge in [-0.2, -0.15) is 13.2 Å². The Bertz CT molecular complexity index is 1250. The minimum Gasteiger partial charge on any atom is -0.481 e. The van der Waals surface area contributed by atoms with Gasteiger partial charge in [-0.3, -0.25) is 14.6 Å². The number of pyridine rings is 2. The Morgan fingerprint density at radius 2 is 1.91 bits per heavy atom. The number of aromatic nitrogens is 4. The fourth-order valence-corrected chi connectivity index (χ4v) is 3.89. The molecule has 3 aromatic heterocycles. The zero-order valence-corrected chi connectivity index (χ0v) is 19.0. The highest BCUT2D eigenvalue weighted by molar-refractivity contribution is 5.81. The van der Waals surface area contributed by atoms with Gasteiger partial charge in [-0.1, -0.05) is 0 Å². The number of halogens is 3. The van der Waals surface area contributed by atoms with E-state index in [0.717, 1.165) is 0 Å². The van der Waals surface area contributed by atoms with Gasteiger partial charge in [0, 0.05) is 43.3 Å². The highest BCUT2D eigenvalue weighted by Gasteiger charge is 2.27. The summed E-state index contributed by atoms with van der Waals surface area (Å²) in [6, 6.07) is 4.96. The summed E-state index contributed by atoms with van der Waals surface area (Å²) in [4.78, 5) is 37.8. The number of Topliss-reactive ketones (excluding diaryl/α,β-unsaturated/α-hetero) is 1. The minimum absolute atomic E-state index is 0.0633. The van der Waals surface area contributed by atoms with Crippen LogP contribution in [0.1, 0.15) is 25.7 Å². The number of hydrogen-bond acceptors (Lipinski definition) is 8. The second-order valence-corrected chi connectivity index (χ2v) is 8.19. The summed E-state index contributed by atoms with van der Waals surface area (Å²) in [5, 5.41) is 3.11. The first-order valence-corrected chi connectivity index (χ1v) is 11.1. The number of nitrogens with zero attached hydrogens (tertiary/aromatic N) is 4. The topological polar surface area (TPSA) is 108 Å². The Morgan fingerprint density at radius 3 is 2.57 bits per heavy atom. The molecule has 0 amide bonds. The van der Waals surface area contributed by atoms with Gasteiger partial charge in [0.2, 0.25) is 5.88 Å². The standard InChI is InChI=1S/C23H24F3N5O4/c1-34-20-7-2-14(11-28-20)17-10-19-18(12-27-17)30-21(29-15-3-5-16(32)6-4-15)22(33)31(19)8-9-35-13-23(24,25)26/h2,7,10-12,15H,3-6,8-9,13H2,1H3,(H,29,30). The number of carbonyl (C=O) groups excluding carboxylic acids is 1. The van der Waals surface area contributed by atoms with Gasteiger partial charge in [0.05, 0.1) is 31.1 Å². The van der Waals surface area contributed by atoms with E-state index in [-0.39, 0.29) is 30.8 Å². The van der Waals surface area contributed by atoms with Crippen LogP contribution in [0.4, 0.5) is 19.0 Å². The minimum atomic E-state index is -4.46. The van der Waals surface area contributed by atoms with E-state index in [4.69, 9.17) is 9.47 Å². The largest absolute Gasteiger partial charge is 0.481 e. The van der Waals surface area contributed by atoms with E-state index in [1.54, 1.807) is 24.4 Å². The number of ether oxygens (including phenoxy) is 2. The molecule has 0 aliphatic heterocycles. The van der Waals surface area contributed by atoms with Gasteiger partial charge in [0.15, 0.2) is 5.82 Å². The predicted octanol–water partition coefficient (Wildman–Crippen LogP) is 3.36. The van der Waals surface area contributed by atoms with Crippen LogP contribution in [-0.2, 0) is 16.1 Å². The lowest BCUT2D eigenvalue weighted by Gasteiger charge is -2.23. The molecule has 0 bridgehead atoms. The van der Waals surface area contributed by atoms with E-state index >= 15 is 0 Å². The Kier molecular flexibility index (Phi) is 7.29. The van der Waals surface area contributed by atoms with Crippen molar-refractivity contribution in [3.8, 4) is 17.1 Å². The maximum atomic E-state index is 13.3. The van der Waals surface area contributed by atoms with Gasteiger partial charge in [-0.25, -0.2) is 9.97 Å². The number of anilines is 1. The molecule has 1 saturated carbocycles. The van der Waals surface area contributed by atoms with E-state index < -0.39 is 18.3 Å². The molecule has 0 atom stereocenters. The molecule has 35 heavy (non-hydrogen) atoms. The first kappa shape index (κ1) is 24.6. The van der Waals surface area contributed by atoms with Crippen molar-refractivity contribution in [3.05, 3.63) is 40.9 Å². The molecule has 0 aromatic carbocycles. The number of alkyl halides is 3. The summed E-state index contributed by atoms with van der Waals surface area (Å²) in [6.07, 6.45) is 0.598. The number of hydrogen-bond donors (Lipinski definition) is 1. The number of nitrogens with one attached hydrogen (secondary N) is 1. The average molecular weight is 491 g/mol. The zero-order chi connectivity index (χ0) is 25.0. The fourth-order valence-electron chi connectivity index (χ4n) is 3.89. The van der Waals surface area contributed by atoms with Crippen LogP contribution in [0.2, 0.25) is 0 Å². The summed E-state index contributed by atoms with van der Waals surface area (Å²) in [6.45, 7) is -1.84. The molecule has 0 saturated heterocycles. The Labute approximate surface area is 198 Å². The maximum Gasteiger partial charge on any atom is 0.411 e. The average Bonchev–Trinajstić information content (AvgIpc) is 2.84. The summed E-state index contributed by atoms with van der Waals surface area (Å²) in [5.41, 5.74) is 1.46. The molecule has 9 nitrogen and oxygen atoms in total. The van der Waals surface area contributed by atoms with Gasteiger partial charge in [-0.05, 0) is 25.0 Å². The molecule has 0 spiro atoms. The molecule has 0 unspecified atom stereocenters. The smallest absolute Gasteiger partial charge is 0.411 e. The van der Waals surface area contributed by atoms with Crippen molar-refractivity contribution in [1.29, 1.82) is 0 Å². The van der Waals surface area contributed by atoms with Crippen LogP contribution < -0.4 is 15.6 Å². The fraction of sp³-hybridized carbons (Fsp3) is 0.435. The van der Waals surface area contributed by atoms with Gasteiger partial charge in [0.1, 0.15) is 17.9 Å². The van der Waals surface area contributed by atoms with Crippen molar-refractivity contribution in [2.45, 2.75) is 44.4 Å². The zero-order valence-electron chi connectivity index (χ0n) is 19.0. The molecule has 186 valence electrons. The van der Waals surface area contributed by atoms with Crippen molar-refractivity contribution in [2.24, 2.45) is 0 Å². The quantitative estimate of drug-likeness (QED) is 0.478. The molecule has 4 rings (SSSR count). The molecular weight excluding hydrogens is 467 g/mol. The molecule has 1 aliphatic carbocycles. The Morgan fingerprint density at radius 1 is 1.14 bits per heavy atom. The van der Waals surface area contributed by atoms with Crippen LogP contribution in [0.3, 0.4) is 0 Å². The van der Waals surface area contributed by atoms with Gasteiger partial charge < -0.3 is 19.4 Å². The van der Waals surface area contributed by atoms with Gasteiger partial charge in [0.25, 0.3) is 5.56 Å². The molecule has 12 heteroatoms. The summed E-state index contributed by atoms with van der Waals surface area (Å²) >= 11 is 0. The van der Waals surface area contributed by atoms with Crippen LogP contribution >= 0.6 is 0 Å². The summed E-state index contributed by atoms with van der Waals surface area (Å²) in [7, 11) is 1.50. The first-order valence-electron chi connectivity index (χ1n) is 11.1. The second-order valence-electron chi connectivity index (χ2n) is 8.19. The van der Waals surface area contributed by atoms with Crippen LogP contribution in [0.5, 0.6) is 5.88 Å². The summed E-state index contributed by atoms with van der Waals surface area (Å²) < 4.78 is 48.6. The van der Waals surface area contributed by atoms with Crippen LogP contribution in [-0.4, -0.2) is 57.8 Å². The van der Waals surface area contributed by atoms with Crippen molar-refractivity contribution in [1.82, 2.24) is 19.5 Å². The number of methoxy groups -OCH3 is 1. The third kappa shape index (κ3) is 6.13. The maximum absolute atomic E-state index is 13.3. The number of carbonyl (C=O) groups is 1. The molecule has 3 aromatic rings. The van der Waals surface area contributed by atoms with E-state index in [1.165, 1.54) is 17.9 Å². The van der Waals surface area contributed by atoms with Crippen molar-refractivity contribution in [2.75, 3.05) is 25.6 Å². The lowest BCUT2D eigenvalue weighted by atomic mass is 9.94. The molecule has 3 heterocycles. The number of rotatable bonds is 8. The lowest BCUT2D eigenvalue weighted by Crippen LogP contribution is -2.33. The monoisotopic (exact) mass is 491 g/mol. The van der Waals surface area contributed by atoms with E-state index in [1.807, 2.05) is 0 Å². The molecule has 1 N–H and O–H groups in total. The third-order valence-electron chi connectivity index (χ3n) is 5.68. The number of fused-ring (bicyclic) bond motifs is 1. The Hall–Kier alpha value is -3.54. The van der Waals surface area contributed by atoms with Crippen LogP contribution in [0.15, 0.2) is 35.4 Å².